The van der Waals surface area contributed by atoms with E-state index in [0.29, 0.717) is 17.7 Å². The number of hydrogen-bond acceptors (Lipinski definition) is 4. The molecule has 20 heavy (non-hydrogen) atoms. The molecule has 3 heterocycles. The summed E-state index contributed by atoms with van der Waals surface area (Å²) in [6, 6.07) is 7.33. The number of methoxy groups -OCH3 is 1. The Morgan fingerprint density at radius 3 is 3.00 bits per heavy atom. The predicted octanol–water partition coefficient (Wildman–Crippen LogP) is 3.25. The molecule has 0 saturated carbocycles. The van der Waals surface area contributed by atoms with Crippen molar-refractivity contribution in [2.75, 3.05) is 13.7 Å². The van der Waals surface area contributed by atoms with Gasteiger partial charge in [-0.15, -0.1) is 0 Å². The van der Waals surface area contributed by atoms with Crippen LogP contribution in [-0.4, -0.2) is 28.3 Å². The van der Waals surface area contributed by atoms with E-state index in [1.165, 1.54) is 0 Å². The van der Waals surface area contributed by atoms with Crippen LogP contribution in [-0.2, 0) is 11.2 Å². The normalized spacial score (nSPS) is 11.3. The minimum atomic E-state index is 0.348. The highest BCUT2D eigenvalue weighted by molar-refractivity contribution is 6.28. The van der Waals surface area contributed by atoms with E-state index < -0.39 is 0 Å². The molecule has 0 radical (unpaired) electrons. The number of imidazole rings is 1. The zero-order chi connectivity index (χ0) is 13.9. The highest BCUT2D eigenvalue weighted by atomic mass is 35.5. The number of ether oxygens (including phenoxy) is 1. The Morgan fingerprint density at radius 2 is 2.25 bits per heavy atom. The van der Waals surface area contributed by atoms with Crippen molar-refractivity contribution in [3.8, 4) is 5.88 Å². The van der Waals surface area contributed by atoms with Crippen LogP contribution in [0.1, 0.15) is 12.2 Å². The largest absolute Gasteiger partial charge is 0.428 e. The van der Waals surface area contributed by atoms with Crippen molar-refractivity contribution in [2.45, 2.75) is 12.8 Å². The van der Waals surface area contributed by atoms with Crippen molar-refractivity contribution in [1.29, 1.82) is 0 Å². The minimum Gasteiger partial charge on any atom is -0.428 e. The van der Waals surface area contributed by atoms with Crippen molar-refractivity contribution in [3.05, 3.63) is 41.5 Å². The molecule has 0 N–H and O–H groups in total. The first-order chi connectivity index (χ1) is 9.79. The molecule has 3 aromatic rings. The molecule has 6 heteroatoms. The molecule has 3 rings (SSSR count). The van der Waals surface area contributed by atoms with Gasteiger partial charge in [0.25, 0.3) is 0 Å². The smallest absolute Gasteiger partial charge is 0.208 e. The predicted molar refractivity (Wildman–Crippen MR) is 76.3 cm³/mol. The van der Waals surface area contributed by atoms with Crippen molar-refractivity contribution in [1.82, 2.24) is 14.5 Å². The summed E-state index contributed by atoms with van der Waals surface area (Å²) in [6.07, 6.45) is 3.40. The standard InChI is InChI=1S/C14H14ClN3O2/c1-19-9-3-5-12-17-10-4-2-8-16-14(10)18(12)13-7-6-11(15)20-13/h2,4,6-8H,3,5,9H2,1H3. The second-order valence-electron chi connectivity index (χ2n) is 4.38. The molecular formula is C14H14ClN3O2. The third-order valence-electron chi connectivity index (χ3n) is 3.01. The first kappa shape index (κ1) is 13.1. The third-order valence-corrected chi connectivity index (χ3v) is 3.22. The van der Waals surface area contributed by atoms with Gasteiger partial charge in [0, 0.05) is 32.4 Å². The van der Waals surface area contributed by atoms with Crippen molar-refractivity contribution >= 4 is 22.8 Å². The van der Waals surface area contributed by atoms with E-state index >= 15 is 0 Å². The number of aromatic nitrogens is 3. The van der Waals surface area contributed by atoms with Gasteiger partial charge in [-0.3, -0.25) is 0 Å². The van der Waals surface area contributed by atoms with Crippen LogP contribution < -0.4 is 0 Å². The zero-order valence-electron chi connectivity index (χ0n) is 11.0. The van der Waals surface area contributed by atoms with Crippen LogP contribution in [0.2, 0.25) is 5.22 Å². The lowest BCUT2D eigenvalue weighted by Gasteiger charge is -2.04. The molecule has 0 unspecified atom stereocenters. The second-order valence-corrected chi connectivity index (χ2v) is 4.76. The average Bonchev–Trinajstić information content (AvgIpc) is 3.02. The molecule has 0 aliphatic rings. The number of aryl methyl sites for hydroxylation is 1. The molecular weight excluding hydrogens is 278 g/mol. The lowest BCUT2D eigenvalue weighted by atomic mass is 10.3. The van der Waals surface area contributed by atoms with Gasteiger partial charge in [-0.05, 0) is 36.2 Å². The molecule has 0 spiro atoms. The highest BCUT2D eigenvalue weighted by Crippen LogP contribution is 2.24. The van der Waals surface area contributed by atoms with Gasteiger partial charge in [-0.1, -0.05) is 0 Å². The molecule has 0 bridgehead atoms. The molecule has 0 amide bonds. The van der Waals surface area contributed by atoms with Crippen molar-refractivity contribution < 1.29 is 9.15 Å². The summed E-state index contributed by atoms with van der Waals surface area (Å²) in [7, 11) is 1.69. The van der Waals surface area contributed by atoms with Crippen LogP contribution in [0, 0.1) is 0 Å². The Morgan fingerprint density at radius 1 is 1.35 bits per heavy atom. The molecule has 3 aromatic heterocycles. The summed E-state index contributed by atoms with van der Waals surface area (Å²) < 4.78 is 12.5. The topological polar surface area (TPSA) is 53.1 Å². The molecule has 0 aliphatic carbocycles. The first-order valence-corrected chi connectivity index (χ1v) is 6.74. The van der Waals surface area contributed by atoms with E-state index in [4.69, 9.17) is 20.8 Å². The van der Waals surface area contributed by atoms with Gasteiger partial charge < -0.3 is 9.15 Å². The first-order valence-electron chi connectivity index (χ1n) is 6.36. The summed E-state index contributed by atoms with van der Waals surface area (Å²) in [4.78, 5) is 8.99. The maximum atomic E-state index is 5.87. The van der Waals surface area contributed by atoms with E-state index in [0.717, 1.165) is 29.8 Å². The summed E-state index contributed by atoms with van der Waals surface area (Å²) in [5, 5.41) is 0.348. The number of nitrogens with zero attached hydrogens (tertiary/aromatic N) is 3. The Balaban J connectivity index is 2.08. The van der Waals surface area contributed by atoms with Gasteiger partial charge in [0.1, 0.15) is 11.3 Å². The van der Waals surface area contributed by atoms with Crippen molar-refractivity contribution in [3.63, 3.8) is 0 Å². The summed E-state index contributed by atoms with van der Waals surface area (Å²) >= 11 is 5.87. The number of fused-ring (bicyclic) bond motifs is 1. The summed E-state index contributed by atoms with van der Waals surface area (Å²) in [5.41, 5.74) is 1.61. The number of rotatable bonds is 5. The Labute approximate surface area is 121 Å². The number of pyridine rings is 1. The quantitative estimate of drug-likeness (QED) is 0.677. The van der Waals surface area contributed by atoms with Crippen LogP contribution in [0.4, 0.5) is 0 Å². The number of halogens is 1. The second kappa shape index (κ2) is 5.64. The SMILES string of the molecule is COCCCc1nc2cccnc2n1-c1ccc(Cl)o1. The van der Waals surface area contributed by atoms with Crippen LogP contribution in [0.3, 0.4) is 0 Å². The maximum absolute atomic E-state index is 5.87. The van der Waals surface area contributed by atoms with Gasteiger partial charge >= 0.3 is 0 Å². The van der Waals surface area contributed by atoms with E-state index in [-0.39, 0.29) is 0 Å². The average molecular weight is 292 g/mol. The van der Waals surface area contributed by atoms with Gasteiger partial charge in [0.05, 0.1) is 0 Å². The molecule has 5 nitrogen and oxygen atoms in total. The highest BCUT2D eigenvalue weighted by Gasteiger charge is 2.15. The molecule has 0 saturated heterocycles. The Hall–Kier alpha value is -1.85. The van der Waals surface area contributed by atoms with E-state index in [1.807, 2.05) is 22.8 Å². The lowest BCUT2D eigenvalue weighted by Crippen LogP contribution is -2.03. The van der Waals surface area contributed by atoms with E-state index in [2.05, 4.69) is 9.97 Å². The fourth-order valence-corrected chi connectivity index (χ4v) is 2.30. The third kappa shape index (κ3) is 2.42. The molecule has 104 valence electrons. The lowest BCUT2D eigenvalue weighted by molar-refractivity contribution is 0.194. The molecule has 0 aromatic carbocycles. The fraction of sp³-hybridized carbons (Fsp3) is 0.286. The van der Waals surface area contributed by atoms with Gasteiger partial charge in [-0.2, -0.15) is 0 Å². The fourth-order valence-electron chi connectivity index (χ4n) is 2.16. The van der Waals surface area contributed by atoms with Gasteiger partial charge in [0.2, 0.25) is 5.88 Å². The zero-order valence-corrected chi connectivity index (χ0v) is 11.8. The Kier molecular flexibility index (Phi) is 3.71. The number of furan rings is 1. The Bertz CT molecular complexity index is 720. The van der Waals surface area contributed by atoms with Crippen molar-refractivity contribution in [2.24, 2.45) is 0 Å². The summed E-state index contributed by atoms with van der Waals surface area (Å²) in [5.74, 6) is 1.52. The van der Waals surface area contributed by atoms with Crippen LogP contribution in [0.5, 0.6) is 0 Å². The number of hydrogen-bond donors (Lipinski definition) is 0. The van der Waals surface area contributed by atoms with Crippen LogP contribution >= 0.6 is 11.6 Å². The molecule has 0 atom stereocenters. The van der Waals surface area contributed by atoms with E-state index in [1.54, 1.807) is 19.4 Å². The van der Waals surface area contributed by atoms with Gasteiger partial charge in [-0.25, -0.2) is 14.5 Å². The summed E-state index contributed by atoms with van der Waals surface area (Å²) in [6.45, 7) is 0.690. The maximum Gasteiger partial charge on any atom is 0.208 e. The van der Waals surface area contributed by atoms with Crippen LogP contribution in [0.25, 0.3) is 17.0 Å². The molecule has 0 fully saturated rings. The minimum absolute atomic E-state index is 0.348. The van der Waals surface area contributed by atoms with Crippen LogP contribution in [0.15, 0.2) is 34.9 Å². The molecule has 0 aliphatic heterocycles. The van der Waals surface area contributed by atoms with Gasteiger partial charge in [0.15, 0.2) is 10.9 Å². The monoisotopic (exact) mass is 291 g/mol. The van der Waals surface area contributed by atoms with E-state index in [9.17, 15) is 0 Å².